The van der Waals surface area contributed by atoms with Crippen molar-refractivity contribution in [1.82, 2.24) is 5.32 Å². The lowest BCUT2D eigenvalue weighted by molar-refractivity contribution is -0.139. The van der Waals surface area contributed by atoms with Gasteiger partial charge in [-0.15, -0.1) is 0 Å². The molecule has 138 valence electrons. The minimum absolute atomic E-state index is 0.0240. The number of nitrogens with one attached hydrogen (secondary N) is 1. The van der Waals surface area contributed by atoms with Gasteiger partial charge >= 0.3 is 5.97 Å². The molecule has 26 heavy (non-hydrogen) atoms. The zero-order valence-corrected chi connectivity index (χ0v) is 16.2. The number of hydrogen-bond donors (Lipinski definition) is 2. The van der Waals surface area contributed by atoms with Crippen LogP contribution in [0.15, 0.2) is 34.8 Å². The van der Waals surface area contributed by atoms with E-state index in [0.717, 1.165) is 6.07 Å². The summed E-state index contributed by atoms with van der Waals surface area (Å²) >= 11 is 8.50. The lowest BCUT2D eigenvalue weighted by Gasteiger charge is -2.15. The van der Waals surface area contributed by atoms with Crippen molar-refractivity contribution in [3.05, 3.63) is 63.1 Å². The Morgan fingerprint density at radius 1 is 1.23 bits per heavy atom. The van der Waals surface area contributed by atoms with Gasteiger partial charge in [-0.05, 0) is 30.2 Å². The van der Waals surface area contributed by atoms with Crippen molar-refractivity contribution >= 4 is 39.1 Å². The van der Waals surface area contributed by atoms with Gasteiger partial charge in [-0.1, -0.05) is 41.1 Å². The van der Waals surface area contributed by atoms with Gasteiger partial charge in [-0.3, -0.25) is 0 Å². The van der Waals surface area contributed by atoms with Gasteiger partial charge < -0.3 is 15.2 Å². The number of carboxylic acid groups (broad SMARTS) is 1. The average Bonchev–Trinajstić information content (AvgIpc) is 2.58. The molecule has 2 aromatic carbocycles. The maximum atomic E-state index is 14.0. The summed E-state index contributed by atoms with van der Waals surface area (Å²) in [6, 6.07) is 7.29. The molecule has 2 N–H and O–H groups in total. The van der Waals surface area contributed by atoms with E-state index in [-0.39, 0.29) is 17.3 Å². The van der Waals surface area contributed by atoms with Crippen molar-refractivity contribution < 1.29 is 23.4 Å². The molecule has 0 amide bonds. The average molecular weight is 444 g/mol. The van der Waals surface area contributed by atoms with Crippen molar-refractivity contribution in [2.75, 3.05) is 6.61 Å². The number of halogens is 3. The number of ether oxygens (including phenoxy) is 1. The largest absolute Gasteiger partial charge is 0.481 e. The summed E-state index contributed by atoms with van der Waals surface area (Å²) in [7, 11) is 0. The Balaban J connectivity index is 2.23. The van der Waals surface area contributed by atoms with Gasteiger partial charge in [0.05, 0.1) is 5.56 Å². The Morgan fingerprint density at radius 3 is 2.54 bits per heavy atom. The molecule has 0 saturated heterocycles. The van der Waals surface area contributed by atoms with E-state index in [1.807, 2.05) is 0 Å². The lowest BCUT2D eigenvalue weighted by Crippen LogP contribution is -2.24. The normalized spacial score (nSPS) is 10.5. The van der Waals surface area contributed by atoms with Crippen LogP contribution in [0.25, 0.3) is 0 Å². The minimum atomic E-state index is -1.19. The second-order valence-electron chi connectivity index (χ2n) is 5.39. The smallest absolute Gasteiger partial charge is 0.341 e. The number of hydrogen-bond acceptors (Lipinski definition) is 3. The van der Waals surface area contributed by atoms with E-state index in [0.29, 0.717) is 27.6 Å². The first kappa shape index (κ1) is 20.3. The summed E-state index contributed by atoms with van der Waals surface area (Å²) in [5.74, 6) is -2.06. The number of aryl methyl sites for hydroxylation is 1. The fraction of sp³-hybridized carbons (Fsp3) is 0.222. The minimum Gasteiger partial charge on any atom is -0.481 e. The molecule has 0 aliphatic heterocycles. The summed E-state index contributed by atoms with van der Waals surface area (Å²) in [6.45, 7) is 1.28. The van der Waals surface area contributed by atoms with Crippen LogP contribution in [0.5, 0.6) is 5.75 Å². The number of carbonyl (C=O) groups is 1. The molecule has 0 fully saturated rings. The SMILES string of the molecule is CCc1cc(C(=S)NCc2ccc(Br)cc2F)c(OCC(=O)O)cc1F. The van der Waals surface area contributed by atoms with Gasteiger partial charge in [0.2, 0.25) is 0 Å². The number of benzene rings is 2. The maximum absolute atomic E-state index is 14.0. The molecule has 0 aliphatic rings. The molecule has 0 bridgehead atoms. The molecular formula is C18H16BrF2NO3S. The number of rotatable bonds is 7. The summed E-state index contributed by atoms with van der Waals surface area (Å²) in [5, 5.41) is 11.7. The zero-order valence-electron chi connectivity index (χ0n) is 13.8. The first-order valence-electron chi connectivity index (χ1n) is 7.71. The molecule has 2 rings (SSSR count). The first-order chi connectivity index (χ1) is 12.3. The van der Waals surface area contributed by atoms with Crippen LogP contribution < -0.4 is 10.1 Å². The Bertz CT molecular complexity index is 845. The van der Waals surface area contributed by atoms with E-state index in [1.165, 1.54) is 12.1 Å². The summed E-state index contributed by atoms with van der Waals surface area (Å²) in [6.07, 6.45) is 0.433. The van der Waals surface area contributed by atoms with E-state index >= 15 is 0 Å². The topological polar surface area (TPSA) is 58.6 Å². The monoisotopic (exact) mass is 443 g/mol. The highest BCUT2D eigenvalue weighted by Gasteiger charge is 2.15. The summed E-state index contributed by atoms with van der Waals surface area (Å²) in [5.41, 5.74) is 1.18. The Labute approximate surface area is 163 Å². The van der Waals surface area contributed by atoms with Gasteiger partial charge in [-0.2, -0.15) is 0 Å². The van der Waals surface area contributed by atoms with Gasteiger partial charge in [0, 0.05) is 22.6 Å². The van der Waals surface area contributed by atoms with Crippen LogP contribution in [-0.4, -0.2) is 22.7 Å². The second-order valence-corrected chi connectivity index (χ2v) is 6.72. The Morgan fingerprint density at radius 2 is 1.92 bits per heavy atom. The molecule has 0 aromatic heterocycles. The second kappa shape index (κ2) is 9.05. The van der Waals surface area contributed by atoms with E-state index in [9.17, 15) is 13.6 Å². The lowest BCUT2D eigenvalue weighted by atomic mass is 10.1. The predicted octanol–water partition coefficient (Wildman–Crippen LogP) is 4.22. The number of thiocarbonyl (C=S) groups is 1. The molecule has 8 heteroatoms. The summed E-state index contributed by atoms with van der Waals surface area (Å²) < 4.78 is 33.7. The molecule has 0 radical (unpaired) electrons. The first-order valence-corrected chi connectivity index (χ1v) is 8.91. The molecule has 4 nitrogen and oxygen atoms in total. The van der Waals surface area contributed by atoms with Crippen molar-refractivity contribution in [3.63, 3.8) is 0 Å². The van der Waals surface area contributed by atoms with Crippen LogP contribution in [0.1, 0.15) is 23.6 Å². The van der Waals surface area contributed by atoms with E-state index in [1.54, 1.807) is 19.1 Å². The van der Waals surface area contributed by atoms with Crippen LogP contribution in [0.3, 0.4) is 0 Å². The molecule has 0 aliphatic carbocycles. The summed E-state index contributed by atoms with van der Waals surface area (Å²) in [4.78, 5) is 10.9. The molecule has 0 saturated carbocycles. The zero-order chi connectivity index (χ0) is 19.3. The van der Waals surface area contributed by atoms with Gasteiger partial charge in [0.1, 0.15) is 22.4 Å². The molecule has 2 aromatic rings. The third-order valence-corrected chi connectivity index (χ3v) is 4.44. The fourth-order valence-corrected chi connectivity index (χ4v) is 2.81. The highest BCUT2D eigenvalue weighted by atomic mass is 79.9. The van der Waals surface area contributed by atoms with Crippen LogP contribution in [-0.2, 0) is 17.8 Å². The highest BCUT2D eigenvalue weighted by molar-refractivity contribution is 9.10. The van der Waals surface area contributed by atoms with Gasteiger partial charge in [-0.25, -0.2) is 13.6 Å². The molecule has 0 atom stereocenters. The van der Waals surface area contributed by atoms with E-state index < -0.39 is 24.2 Å². The van der Waals surface area contributed by atoms with Crippen LogP contribution in [0.4, 0.5) is 8.78 Å². The van der Waals surface area contributed by atoms with E-state index in [4.69, 9.17) is 22.1 Å². The number of aliphatic carboxylic acids is 1. The van der Waals surface area contributed by atoms with Crippen LogP contribution >= 0.6 is 28.1 Å². The van der Waals surface area contributed by atoms with Crippen LogP contribution in [0, 0.1) is 11.6 Å². The van der Waals surface area contributed by atoms with Crippen molar-refractivity contribution in [3.8, 4) is 5.75 Å². The number of carboxylic acids is 1. The molecular weight excluding hydrogens is 428 g/mol. The van der Waals surface area contributed by atoms with Gasteiger partial charge in [0.25, 0.3) is 0 Å². The molecule has 0 heterocycles. The third kappa shape index (κ3) is 5.22. The maximum Gasteiger partial charge on any atom is 0.341 e. The highest BCUT2D eigenvalue weighted by Crippen LogP contribution is 2.24. The Kier molecular flexibility index (Phi) is 7.05. The van der Waals surface area contributed by atoms with Gasteiger partial charge in [0.15, 0.2) is 6.61 Å². The quantitative estimate of drug-likeness (QED) is 0.627. The van der Waals surface area contributed by atoms with Crippen molar-refractivity contribution in [2.45, 2.75) is 19.9 Å². The fourth-order valence-electron chi connectivity index (χ4n) is 2.24. The Hall–Kier alpha value is -2.06. The molecule has 0 spiro atoms. The van der Waals surface area contributed by atoms with Crippen LogP contribution in [0.2, 0.25) is 0 Å². The van der Waals surface area contributed by atoms with E-state index in [2.05, 4.69) is 21.2 Å². The molecule has 0 unspecified atom stereocenters. The third-order valence-electron chi connectivity index (χ3n) is 3.58. The predicted molar refractivity (Wildman–Crippen MR) is 102 cm³/mol. The van der Waals surface area contributed by atoms with Crippen molar-refractivity contribution in [1.29, 1.82) is 0 Å². The standard InChI is InChI=1S/C18H16BrF2NO3S/c1-2-10-5-13(16(7-15(10)21)25-9-17(23)24)18(26)22-8-11-3-4-12(19)6-14(11)20/h3-7H,2,8-9H2,1H3,(H,22,26)(H,23,24). The van der Waals surface area contributed by atoms with Crippen molar-refractivity contribution in [2.24, 2.45) is 0 Å².